The van der Waals surface area contributed by atoms with Gasteiger partial charge in [-0.1, -0.05) is 18.2 Å². The number of halogens is 1. The van der Waals surface area contributed by atoms with Gasteiger partial charge in [-0.25, -0.2) is 0 Å². The highest BCUT2D eigenvalue weighted by Crippen LogP contribution is 2.16. The van der Waals surface area contributed by atoms with Gasteiger partial charge in [-0.3, -0.25) is 4.68 Å². The van der Waals surface area contributed by atoms with Crippen molar-refractivity contribution in [1.29, 1.82) is 0 Å². The van der Waals surface area contributed by atoms with E-state index in [0.29, 0.717) is 6.54 Å². The number of para-hydroxylation sites is 1. The van der Waals surface area contributed by atoms with Crippen molar-refractivity contribution in [2.24, 2.45) is 12.8 Å². The molecule has 2 rings (SSSR count). The predicted octanol–water partition coefficient (Wildman–Crippen LogP) is 1.45. The highest BCUT2D eigenvalue weighted by Gasteiger charge is 2.02. The van der Waals surface area contributed by atoms with Crippen molar-refractivity contribution in [2.45, 2.75) is 6.54 Å². The molecule has 1 aromatic heterocycles. The molecule has 0 saturated carbocycles. The number of rotatable bonds is 1. The third kappa shape index (κ3) is 1.53. The third-order valence-corrected chi connectivity index (χ3v) is 2.06. The molecule has 3 nitrogen and oxygen atoms in total. The van der Waals surface area contributed by atoms with Crippen molar-refractivity contribution < 1.29 is 0 Å². The van der Waals surface area contributed by atoms with Gasteiger partial charge >= 0.3 is 0 Å². The number of aromatic nitrogens is 2. The van der Waals surface area contributed by atoms with Crippen LogP contribution in [0.15, 0.2) is 24.4 Å². The zero-order chi connectivity index (χ0) is 8.55. The lowest BCUT2D eigenvalue weighted by Crippen LogP contribution is -2.00. The summed E-state index contributed by atoms with van der Waals surface area (Å²) in [5.41, 5.74) is 7.89. The molecule has 2 N–H and O–H groups in total. The van der Waals surface area contributed by atoms with Gasteiger partial charge in [-0.05, 0) is 5.56 Å². The first-order chi connectivity index (χ1) is 5.83. The van der Waals surface area contributed by atoms with Gasteiger partial charge in [0, 0.05) is 19.0 Å². The lowest BCUT2D eigenvalue weighted by Gasteiger charge is -2.00. The molecule has 0 spiro atoms. The molecule has 0 atom stereocenters. The van der Waals surface area contributed by atoms with E-state index < -0.39 is 0 Å². The quantitative estimate of drug-likeness (QED) is 0.752. The second-order valence-corrected chi connectivity index (χ2v) is 2.83. The van der Waals surface area contributed by atoms with Crippen LogP contribution in [0.2, 0.25) is 0 Å². The average Bonchev–Trinajstić information content (AvgIpc) is 2.48. The normalized spacial score (nSPS) is 10.0. The van der Waals surface area contributed by atoms with Crippen molar-refractivity contribution in [3.05, 3.63) is 30.0 Å². The van der Waals surface area contributed by atoms with Gasteiger partial charge in [0.1, 0.15) is 0 Å². The van der Waals surface area contributed by atoms with E-state index in [2.05, 4.69) is 5.10 Å². The number of aryl methyl sites for hydroxylation is 1. The summed E-state index contributed by atoms with van der Waals surface area (Å²) < 4.78 is 1.86. The smallest absolute Gasteiger partial charge is 0.0723 e. The summed E-state index contributed by atoms with van der Waals surface area (Å²) in [6.07, 6.45) is 1.86. The number of hydrogen-bond donors (Lipinski definition) is 1. The van der Waals surface area contributed by atoms with E-state index in [4.69, 9.17) is 5.73 Å². The summed E-state index contributed by atoms with van der Waals surface area (Å²) in [6.45, 7) is 0.566. The van der Waals surface area contributed by atoms with E-state index in [1.807, 2.05) is 36.1 Å². The minimum absolute atomic E-state index is 0. The second-order valence-electron chi connectivity index (χ2n) is 2.83. The van der Waals surface area contributed by atoms with Crippen LogP contribution < -0.4 is 5.73 Å². The molecular weight excluding hydrogens is 186 g/mol. The number of nitrogens with two attached hydrogens (primary N) is 1. The van der Waals surface area contributed by atoms with Crippen molar-refractivity contribution in [3.8, 4) is 0 Å². The van der Waals surface area contributed by atoms with Crippen LogP contribution in [0.25, 0.3) is 10.9 Å². The Morgan fingerprint density at radius 3 is 2.92 bits per heavy atom. The number of nitrogens with zero attached hydrogens (tertiary/aromatic N) is 2. The summed E-state index contributed by atoms with van der Waals surface area (Å²) in [5, 5.41) is 5.32. The Morgan fingerprint density at radius 1 is 1.46 bits per heavy atom. The monoisotopic (exact) mass is 197 g/mol. The average molecular weight is 198 g/mol. The van der Waals surface area contributed by atoms with E-state index in [1.54, 1.807) is 0 Å². The fourth-order valence-electron chi connectivity index (χ4n) is 1.48. The van der Waals surface area contributed by atoms with Crippen LogP contribution in [0.1, 0.15) is 5.56 Å². The Bertz CT molecular complexity index is 408. The standard InChI is InChI=1S/C9H11N3.ClH/c1-12-9-7(5-10)3-2-4-8(9)6-11-12;/h2-4,6H,5,10H2,1H3;1H. The van der Waals surface area contributed by atoms with Crippen molar-refractivity contribution >= 4 is 23.3 Å². The van der Waals surface area contributed by atoms with Crippen LogP contribution in [-0.4, -0.2) is 9.78 Å². The van der Waals surface area contributed by atoms with Gasteiger partial charge in [0.05, 0.1) is 11.7 Å². The van der Waals surface area contributed by atoms with Crippen molar-refractivity contribution in [3.63, 3.8) is 0 Å². The fraction of sp³-hybridized carbons (Fsp3) is 0.222. The van der Waals surface area contributed by atoms with E-state index in [1.165, 1.54) is 0 Å². The van der Waals surface area contributed by atoms with Gasteiger partial charge in [-0.2, -0.15) is 5.10 Å². The molecule has 4 heteroatoms. The van der Waals surface area contributed by atoms with Crippen LogP contribution >= 0.6 is 12.4 Å². The van der Waals surface area contributed by atoms with Gasteiger partial charge < -0.3 is 5.73 Å². The number of hydrogen-bond acceptors (Lipinski definition) is 2. The first-order valence-corrected chi connectivity index (χ1v) is 3.92. The van der Waals surface area contributed by atoms with Gasteiger partial charge in [0.25, 0.3) is 0 Å². The molecule has 0 aliphatic carbocycles. The first kappa shape index (κ1) is 10.0. The van der Waals surface area contributed by atoms with Crippen LogP contribution in [0.5, 0.6) is 0 Å². The molecule has 0 aliphatic heterocycles. The third-order valence-electron chi connectivity index (χ3n) is 2.06. The lowest BCUT2D eigenvalue weighted by molar-refractivity contribution is 0.791. The Balaban J connectivity index is 0.000000845. The molecule has 1 heterocycles. The van der Waals surface area contributed by atoms with Crippen molar-refractivity contribution in [1.82, 2.24) is 9.78 Å². The molecule has 0 bridgehead atoms. The van der Waals surface area contributed by atoms with E-state index in [-0.39, 0.29) is 12.4 Å². The highest BCUT2D eigenvalue weighted by atomic mass is 35.5. The maximum absolute atomic E-state index is 5.60. The van der Waals surface area contributed by atoms with Crippen LogP contribution in [0.3, 0.4) is 0 Å². The minimum atomic E-state index is 0. The van der Waals surface area contributed by atoms with Crippen molar-refractivity contribution in [2.75, 3.05) is 0 Å². The van der Waals surface area contributed by atoms with Crippen LogP contribution in [0, 0.1) is 0 Å². The SMILES string of the molecule is Cl.Cn1ncc2cccc(CN)c21. The van der Waals surface area contributed by atoms with E-state index in [9.17, 15) is 0 Å². The molecule has 1 aromatic carbocycles. The molecule has 13 heavy (non-hydrogen) atoms. The maximum Gasteiger partial charge on any atom is 0.0723 e. The molecule has 0 fully saturated rings. The summed E-state index contributed by atoms with van der Waals surface area (Å²) in [6, 6.07) is 6.08. The summed E-state index contributed by atoms with van der Waals surface area (Å²) in [7, 11) is 1.93. The van der Waals surface area contributed by atoms with Crippen LogP contribution in [-0.2, 0) is 13.6 Å². The second kappa shape index (κ2) is 3.77. The molecule has 0 saturated heterocycles. The Hall–Kier alpha value is -1.06. The Morgan fingerprint density at radius 2 is 2.23 bits per heavy atom. The lowest BCUT2D eigenvalue weighted by atomic mass is 10.1. The van der Waals surface area contributed by atoms with Crippen LogP contribution in [0.4, 0.5) is 0 Å². The Kier molecular flexibility index (Phi) is 2.90. The molecule has 0 radical (unpaired) electrons. The zero-order valence-electron chi connectivity index (χ0n) is 7.40. The number of fused-ring (bicyclic) bond motifs is 1. The molecule has 0 amide bonds. The molecule has 2 aromatic rings. The summed E-state index contributed by atoms with van der Waals surface area (Å²) in [5.74, 6) is 0. The largest absolute Gasteiger partial charge is 0.326 e. The first-order valence-electron chi connectivity index (χ1n) is 3.92. The molecule has 0 unspecified atom stereocenters. The summed E-state index contributed by atoms with van der Waals surface area (Å²) >= 11 is 0. The summed E-state index contributed by atoms with van der Waals surface area (Å²) in [4.78, 5) is 0. The number of benzene rings is 1. The fourth-order valence-corrected chi connectivity index (χ4v) is 1.48. The maximum atomic E-state index is 5.60. The van der Waals surface area contributed by atoms with Gasteiger partial charge in [-0.15, -0.1) is 12.4 Å². The topological polar surface area (TPSA) is 43.8 Å². The van der Waals surface area contributed by atoms with Gasteiger partial charge in [0.15, 0.2) is 0 Å². The predicted molar refractivity (Wildman–Crippen MR) is 55.9 cm³/mol. The minimum Gasteiger partial charge on any atom is -0.326 e. The highest BCUT2D eigenvalue weighted by molar-refractivity contribution is 5.85. The Labute approximate surface area is 82.9 Å². The molecule has 70 valence electrons. The van der Waals surface area contributed by atoms with E-state index >= 15 is 0 Å². The van der Waals surface area contributed by atoms with Gasteiger partial charge in [0.2, 0.25) is 0 Å². The molecular formula is C9H12ClN3. The van der Waals surface area contributed by atoms with E-state index in [0.717, 1.165) is 16.5 Å². The molecule has 0 aliphatic rings. The zero-order valence-corrected chi connectivity index (χ0v) is 8.21.